The largest absolute Gasteiger partial charge is 0.384 e. The van der Waals surface area contributed by atoms with Crippen molar-refractivity contribution in [2.45, 2.75) is 42.8 Å². The standard InChI is InChI=1S/C14H18BrFN2S/c1-8-3-2-4-9(7-8)19-11-6-5-10(14(17)18)12(15)13(11)16/h5-6,8-9H,2-4,7H2,1H3,(H3,17,18). The molecule has 1 saturated carbocycles. The van der Waals surface area contributed by atoms with Gasteiger partial charge in [-0.2, -0.15) is 0 Å². The van der Waals surface area contributed by atoms with E-state index in [-0.39, 0.29) is 11.7 Å². The van der Waals surface area contributed by atoms with Crippen LogP contribution in [0.4, 0.5) is 4.39 Å². The summed E-state index contributed by atoms with van der Waals surface area (Å²) in [5.41, 5.74) is 5.83. The molecule has 2 rings (SSSR count). The van der Waals surface area contributed by atoms with E-state index in [0.29, 0.717) is 20.2 Å². The number of nitrogens with two attached hydrogens (primary N) is 1. The van der Waals surface area contributed by atoms with Gasteiger partial charge in [-0.1, -0.05) is 19.8 Å². The lowest BCUT2D eigenvalue weighted by Gasteiger charge is -2.26. The summed E-state index contributed by atoms with van der Waals surface area (Å²) < 4.78 is 14.6. The van der Waals surface area contributed by atoms with Gasteiger partial charge in [-0.05, 0) is 46.8 Å². The van der Waals surface area contributed by atoms with E-state index in [9.17, 15) is 4.39 Å². The van der Waals surface area contributed by atoms with Crippen molar-refractivity contribution in [3.8, 4) is 0 Å². The van der Waals surface area contributed by atoms with Gasteiger partial charge in [0.05, 0.1) is 4.47 Å². The molecule has 0 saturated heterocycles. The number of hydrogen-bond acceptors (Lipinski definition) is 2. The van der Waals surface area contributed by atoms with Crippen molar-refractivity contribution in [2.75, 3.05) is 0 Å². The van der Waals surface area contributed by atoms with Crippen molar-refractivity contribution in [1.29, 1.82) is 5.41 Å². The van der Waals surface area contributed by atoms with E-state index < -0.39 is 0 Å². The lowest BCUT2D eigenvalue weighted by molar-refractivity contribution is 0.394. The van der Waals surface area contributed by atoms with Crippen LogP contribution >= 0.6 is 27.7 Å². The first-order valence-electron chi connectivity index (χ1n) is 6.48. The molecule has 0 aromatic heterocycles. The Kier molecular flexibility index (Phi) is 4.90. The predicted molar refractivity (Wildman–Crippen MR) is 82.4 cm³/mol. The third kappa shape index (κ3) is 3.51. The molecule has 0 aliphatic heterocycles. The zero-order valence-electron chi connectivity index (χ0n) is 10.9. The summed E-state index contributed by atoms with van der Waals surface area (Å²) in [6.45, 7) is 2.26. The molecule has 2 unspecified atom stereocenters. The summed E-state index contributed by atoms with van der Waals surface area (Å²) in [6, 6.07) is 3.45. The Bertz CT molecular complexity index is 493. The molecule has 2 nitrogen and oxygen atoms in total. The van der Waals surface area contributed by atoms with Crippen molar-refractivity contribution in [3.63, 3.8) is 0 Å². The maximum absolute atomic E-state index is 14.3. The molecule has 3 N–H and O–H groups in total. The first kappa shape index (κ1) is 14.9. The van der Waals surface area contributed by atoms with Gasteiger partial charge < -0.3 is 5.73 Å². The van der Waals surface area contributed by atoms with Gasteiger partial charge in [-0.25, -0.2) is 4.39 Å². The number of amidine groups is 1. The zero-order chi connectivity index (χ0) is 14.0. The first-order chi connectivity index (χ1) is 8.99. The zero-order valence-corrected chi connectivity index (χ0v) is 13.3. The van der Waals surface area contributed by atoms with Crippen molar-refractivity contribution >= 4 is 33.5 Å². The molecule has 104 valence electrons. The Morgan fingerprint density at radius 1 is 1.47 bits per heavy atom. The lowest BCUT2D eigenvalue weighted by atomic mass is 9.91. The minimum atomic E-state index is -0.295. The highest BCUT2D eigenvalue weighted by Crippen LogP contribution is 2.39. The number of nitrogen functional groups attached to an aromatic ring is 1. The van der Waals surface area contributed by atoms with Gasteiger partial charge in [-0.3, -0.25) is 5.41 Å². The topological polar surface area (TPSA) is 49.9 Å². The summed E-state index contributed by atoms with van der Waals surface area (Å²) in [5, 5.41) is 7.89. The number of halogens is 2. The molecule has 0 bridgehead atoms. The fourth-order valence-electron chi connectivity index (χ4n) is 2.50. The van der Waals surface area contributed by atoms with E-state index in [0.717, 1.165) is 18.8 Å². The van der Waals surface area contributed by atoms with E-state index in [2.05, 4.69) is 22.9 Å². The fraction of sp³-hybridized carbons (Fsp3) is 0.500. The Labute approximate surface area is 126 Å². The normalized spacial score (nSPS) is 23.3. The van der Waals surface area contributed by atoms with Gasteiger partial charge in [0, 0.05) is 15.7 Å². The second-order valence-electron chi connectivity index (χ2n) is 5.16. The lowest BCUT2D eigenvalue weighted by Crippen LogP contribution is -2.16. The molecular weight excluding hydrogens is 327 g/mol. The van der Waals surface area contributed by atoms with Crippen molar-refractivity contribution in [3.05, 3.63) is 28.0 Å². The van der Waals surface area contributed by atoms with E-state index in [1.165, 1.54) is 12.8 Å². The molecule has 1 aliphatic rings. The molecule has 1 aromatic carbocycles. The van der Waals surface area contributed by atoms with Crippen LogP contribution in [0.25, 0.3) is 0 Å². The molecule has 2 atom stereocenters. The van der Waals surface area contributed by atoms with Gasteiger partial charge >= 0.3 is 0 Å². The van der Waals surface area contributed by atoms with E-state index in [1.54, 1.807) is 23.9 Å². The SMILES string of the molecule is CC1CCCC(Sc2ccc(C(=N)N)c(Br)c2F)C1. The first-order valence-corrected chi connectivity index (χ1v) is 8.15. The number of thioether (sulfide) groups is 1. The van der Waals surface area contributed by atoms with Crippen LogP contribution in [0.5, 0.6) is 0 Å². The molecular formula is C14H18BrFN2S. The highest BCUT2D eigenvalue weighted by Gasteiger charge is 2.22. The molecule has 5 heteroatoms. The summed E-state index contributed by atoms with van der Waals surface area (Å²) in [6.07, 6.45) is 4.82. The van der Waals surface area contributed by atoms with Crippen LogP contribution in [-0.4, -0.2) is 11.1 Å². The molecule has 0 spiro atoms. The Morgan fingerprint density at radius 2 is 2.21 bits per heavy atom. The van der Waals surface area contributed by atoms with Gasteiger partial charge in [0.25, 0.3) is 0 Å². The van der Waals surface area contributed by atoms with Gasteiger partial charge in [0.1, 0.15) is 5.84 Å². The summed E-state index contributed by atoms with van der Waals surface area (Å²) in [4.78, 5) is 0.649. The van der Waals surface area contributed by atoms with E-state index in [4.69, 9.17) is 11.1 Å². The Hall–Kier alpha value is -0.550. The summed E-state index contributed by atoms with van der Waals surface area (Å²) in [7, 11) is 0. The second kappa shape index (κ2) is 6.27. The van der Waals surface area contributed by atoms with Crippen LogP contribution in [0.2, 0.25) is 0 Å². The fourth-order valence-corrected chi connectivity index (χ4v) is 4.61. The molecule has 1 fully saturated rings. The third-order valence-electron chi connectivity index (χ3n) is 3.52. The van der Waals surface area contributed by atoms with Crippen LogP contribution in [0.3, 0.4) is 0 Å². The molecule has 0 heterocycles. The molecule has 0 amide bonds. The average Bonchev–Trinajstić information content (AvgIpc) is 2.35. The Morgan fingerprint density at radius 3 is 2.84 bits per heavy atom. The highest BCUT2D eigenvalue weighted by molar-refractivity contribution is 9.10. The van der Waals surface area contributed by atoms with Crippen LogP contribution in [0.15, 0.2) is 21.5 Å². The smallest absolute Gasteiger partial charge is 0.151 e. The quantitative estimate of drug-likeness (QED) is 0.624. The average molecular weight is 345 g/mol. The predicted octanol–water partition coefficient (Wildman–Crippen LogP) is 4.54. The maximum Gasteiger partial charge on any atom is 0.151 e. The molecule has 1 aliphatic carbocycles. The minimum Gasteiger partial charge on any atom is -0.384 e. The number of rotatable bonds is 3. The number of benzene rings is 1. The minimum absolute atomic E-state index is 0.117. The van der Waals surface area contributed by atoms with Crippen LogP contribution in [0, 0.1) is 17.1 Å². The van der Waals surface area contributed by atoms with Crippen molar-refractivity contribution < 1.29 is 4.39 Å². The number of hydrogen-bond donors (Lipinski definition) is 2. The summed E-state index contributed by atoms with van der Waals surface area (Å²) in [5.74, 6) is 0.318. The Balaban J connectivity index is 2.17. The third-order valence-corrected chi connectivity index (χ3v) is 5.62. The van der Waals surface area contributed by atoms with E-state index >= 15 is 0 Å². The van der Waals surface area contributed by atoms with Crippen LogP contribution < -0.4 is 5.73 Å². The molecule has 0 radical (unpaired) electrons. The second-order valence-corrected chi connectivity index (χ2v) is 7.30. The monoisotopic (exact) mass is 344 g/mol. The van der Waals surface area contributed by atoms with Gasteiger partial charge in [0.2, 0.25) is 0 Å². The van der Waals surface area contributed by atoms with Crippen LogP contribution in [0.1, 0.15) is 38.2 Å². The van der Waals surface area contributed by atoms with Crippen molar-refractivity contribution in [1.82, 2.24) is 0 Å². The van der Waals surface area contributed by atoms with Gasteiger partial charge in [-0.15, -0.1) is 11.8 Å². The maximum atomic E-state index is 14.3. The molecule has 1 aromatic rings. The van der Waals surface area contributed by atoms with Crippen LogP contribution in [-0.2, 0) is 0 Å². The van der Waals surface area contributed by atoms with E-state index in [1.807, 2.05) is 0 Å². The molecule has 19 heavy (non-hydrogen) atoms. The summed E-state index contributed by atoms with van der Waals surface area (Å²) >= 11 is 4.81. The van der Waals surface area contributed by atoms with Gasteiger partial charge in [0.15, 0.2) is 5.82 Å². The number of nitrogens with one attached hydrogen (secondary N) is 1. The van der Waals surface area contributed by atoms with Crippen molar-refractivity contribution in [2.24, 2.45) is 11.7 Å². The highest BCUT2D eigenvalue weighted by atomic mass is 79.9.